The standard InChI is InChI=1S/C16H23N3O3/c1-12(2)15(20)18-14-4-3-13(11-17-14)19-7-5-16(6-8-19)21-9-10-22-16/h3-4,11-12H,5-10H2,1-2H3,(H,17,18,20). The Morgan fingerprint density at radius 1 is 1.27 bits per heavy atom. The molecule has 0 aliphatic carbocycles. The predicted molar refractivity (Wildman–Crippen MR) is 83.8 cm³/mol. The van der Waals surface area contributed by atoms with E-state index in [-0.39, 0.29) is 17.6 Å². The fourth-order valence-corrected chi connectivity index (χ4v) is 2.81. The number of nitrogens with one attached hydrogen (secondary N) is 1. The van der Waals surface area contributed by atoms with Gasteiger partial charge in [0.15, 0.2) is 5.79 Å². The minimum Gasteiger partial charge on any atom is -0.370 e. The molecule has 120 valence electrons. The summed E-state index contributed by atoms with van der Waals surface area (Å²) in [5.41, 5.74) is 1.07. The number of carbonyl (C=O) groups excluding carboxylic acids is 1. The molecule has 2 aliphatic heterocycles. The van der Waals surface area contributed by atoms with Gasteiger partial charge in [0, 0.05) is 31.8 Å². The third kappa shape index (κ3) is 3.23. The molecular formula is C16H23N3O3. The molecule has 0 bridgehead atoms. The number of piperidine rings is 1. The van der Waals surface area contributed by atoms with Gasteiger partial charge in [0.25, 0.3) is 0 Å². The number of nitrogens with zero attached hydrogens (tertiary/aromatic N) is 2. The van der Waals surface area contributed by atoms with Crippen molar-refractivity contribution in [3.63, 3.8) is 0 Å². The second-order valence-electron chi connectivity index (χ2n) is 6.14. The highest BCUT2D eigenvalue weighted by atomic mass is 16.7. The first-order valence-corrected chi connectivity index (χ1v) is 7.88. The molecule has 0 aromatic carbocycles. The first-order chi connectivity index (χ1) is 10.6. The quantitative estimate of drug-likeness (QED) is 0.925. The Labute approximate surface area is 130 Å². The summed E-state index contributed by atoms with van der Waals surface area (Å²) in [4.78, 5) is 18.3. The maximum atomic E-state index is 11.7. The molecule has 2 saturated heterocycles. The summed E-state index contributed by atoms with van der Waals surface area (Å²) in [5, 5.41) is 2.80. The van der Waals surface area contributed by atoms with Gasteiger partial charge >= 0.3 is 0 Å². The third-order valence-electron chi connectivity index (χ3n) is 4.23. The van der Waals surface area contributed by atoms with Gasteiger partial charge in [-0.05, 0) is 12.1 Å². The van der Waals surface area contributed by atoms with Gasteiger partial charge in [0.2, 0.25) is 5.91 Å². The monoisotopic (exact) mass is 305 g/mol. The number of hydrogen-bond donors (Lipinski definition) is 1. The van der Waals surface area contributed by atoms with Gasteiger partial charge in [-0.25, -0.2) is 4.98 Å². The molecule has 1 N–H and O–H groups in total. The van der Waals surface area contributed by atoms with Gasteiger partial charge < -0.3 is 19.7 Å². The average Bonchev–Trinajstić information content (AvgIpc) is 2.97. The van der Waals surface area contributed by atoms with Crippen LogP contribution < -0.4 is 10.2 Å². The fourth-order valence-electron chi connectivity index (χ4n) is 2.81. The van der Waals surface area contributed by atoms with Crippen molar-refractivity contribution >= 4 is 17.4 Å². The number of rotatable bonds is 3. The Bertz CT molecular complexity index is 514. The van der Waals surface area contributed by atoms with Gasteiger partial charge in [-0.2, -0.15) is 0 Å². The zero-order chi connectivity index (χ0) is 15.6. The molecule has 0 saturated carbocycles. The maximum Gasteiger partial charge on any atom is 0.228 e. The minimum absolute atomic E-state index is 0.0179. The Balaban J connectivity index is 1.58. The fraction of sp³-hybridized carbons (Fsp3) is 0.625. The summed E-state index contributed by atoms with van der Waals surface area (Å²) in [6, 6.07) is 3.85. The molecule has 6 heteroatoms. The number of amides is 1. The summed E-state index contributed by atoms with van der Waals surface area (Å²) in [6.07, 6.45) is 3.56. The Hall–Kier alpha value is -1.66. The van der Waals surface area contributed by atoms with Crippen LogP contribution in [-0.4, -0.2) is 43.0 Å². The van der Waals surface area contributed by atoms with Gasteiger partial charge in [-0.1, -0.05) is 13.8 Å². The molecular weight excluding hydrogens is 282 g/mol. The van der Waals surface area contributed by atoms with Gasteiger partial charge in [0.1, 0.15) is 5.82 Å². The van der Waals surface area contributed by atoms with Crippen molar-refractivity contribution in [1.29, 1.82) is 0 Å². The van der Waals surface area contributed by atoms with Crippen LogP contribution in [0.4, 0.5) is 11.5 Å². The van der Waals surface area contributed by atoms with Crippen LogP contribution in [0.3, 0.4) is 0 Å². The van der Waals surface area contributed by atoms with E-state index in [1.807, 2.05) is 32.2 Å². The summed E-state index contributed by atoms with van der Waals surface area (Å²) in [5.74, 6) is 0.176. The molecule has 1 amide bonds. The molecule has 1 aromatic rings. The lowest BCUT2D eigenvalue weighted by atomic mass is 10.0. The number of ether oxygens (including phenoxy) is 2. The van der Waals surface area contributed by atoms with E-state index < -0.39 is 0 Å². The largest absolute Gasteiger partial charge is 0.370 e. The van der Waals surface area contributed by atoms with E-state index >= 15 is 0 Å². The zero-order valence-corrected chi connectivity index (χ0v) is 13.2. The maximum absolute atomic E-state index is 11.7. The van der Waals surface area contributed by atoms with Crippen LogP contribution in [0.5, 0.6) is 0 Å². The summed E-state index contributed by atoms with van der Waals surface area (Å²) in [7, 11) is 0. The van der Waals surface area contributed by atoms with E-state index in [4.69, 9.17) is 9.47 Å². The number of hydrogen-bond acceptors (Lipinski definition) is 5. The zero-order valence-electron chi connectivity index (χ0n) is 13.2. The topological polar surface area (TPSA) is 63.7 Å². The van der Waals surface area contributed by atoms with Crippen molar-refractivity contribution in [2.75, 3.05) is 36.5 Å². The van der Waals surface area contributed by atoms with E-state index in [2.05, 4.69) is 15.2 Å². The highest BCUT2D eigenvalue weighted by Gasteiger charge is 2.39. The first-order valence-electron chi connectivity index (χ1n) is 7.88. The van der Waals surface area contributed by atoms with Crippen LogP contribution >= 0.6 is 0 Å². The highest BCUT2D eigenvalue weighted by molar-refractivity contribution is 5.91. The van der Waals surface area contributed by atoms with E-state index in [0.29, 0.717) is 19.0 Å². The lowest BCUT2D eigenvalue weighted by Gasteiger charge is -2.38. The first kappa shape index (κ1) is 15.2. The third-order valence-corrected chi connectivity index (χ3v) is 4.23. The Morgan fingerprint density at radius 3 is 2.50 bits per heavy atom. The SMILES string of the molecule is CC(C)C(=O)Nc1ccc(N2CCC3(CC2)OCCO3)cn1. The van der Waals surface area contributed by atoms with E-state index in [0.717, 1.165) is 31.6 Å². The molecule has 0 atom stereocenters. The van der Waals surface area contributed by atoms with Crippen LogP contribution in [0, 0.1) is 5.92 Å². The predicted octanol–water partition coefficient (Wildman–Crippen LogP) is 2.02. The van der Waals surface area contributed by atoms with Crippen LogP contribution in [0.15, 0.2) is 18.3 Å². The molecule has 6 nitrogen and oxygen atoms in total. The minimum atomic E-state index is -0.352. The van der Waals surface area contributed by atoms with Crippen molar-refractivity contribution in [2.24, 2.45) is 5.92 Å². The summed E-state index contributed by atoms with van der Waals surface area (Å²) < 4.78 is 11.5. The smallest absolute Gasteiger partial charge is 0.228 e. The van der Waals surface area contributed by atoms with E-state index in [1.54, 1.807) is 0 Å². The van der Waals surface area contributed by atoms with Crippen molar-refractivity contribution in [1.82, 2.24) is 4.98 Å². The molecule has 1 aromatic heterocycles. The van der Waals surface area contributed by atoms with Crippen LogP contribution in [-0.2, 0) is 14.3 Å². The molecule has 2 fully saturated rings. The summed E-state index contributed by atoms with van der Waals surface area (Å²) >= 11 is 0. The highest BCUT2D eigenvalue weighted by Crippen LogP contribution is 2.33. The normalized spacial score (nSPS) is 20.6. The molecule has 2 aliphatic rings. The molecule has 1 spiro atoms. The number of carbonyl (C=O) groups is 1. The van der Waals surface area contributed by atoms with Crippen LogP contribution in [0.25, 0.3) is 0 Å². The molecule has 3 rings (SSSR count). The molecule has 22 heavy (non-hydrogen) atoms. The number of aromatic nitrogens is 1. The lowest BCUT2D eigenvalue weighted by Crippen LogP contribution is -2.45. The van der Waals surface area contributed by atoms with E-state index in [9.17, 15) is 4.79 Å². The second kappa shape index (κ2) is 6.22. The van der Waals surface area contributed by atoms with Crippen LogP contribution in [0.1, 0.15) is 26.7 Å². The average molecular weight is 305 g/mol. The van der Waals surface area contributed by atoms with Gasteiger partial charge in [0.05, 0.1) is 25.1 Å². The molecule has 0 unspecified atom stereocenters. The number of pyridine rings is 1. The van der Waals surface area contributed by atoms with Gasteiger partial charge in [-0.3, -0.25) is 4.79 Å². The van der Waals surface area contributed by atoms with Crippen LogP contribution in [0.2, 0.25) is 0 Å². The van der Waals surface area contributed by atoms with Gasteiger partial charge in [-0.15, -0.1) is 0 Å². The van der Waals surface area contributed by atoms with E-state index in [1.165, 1.54) is 0 Å². The van der Waals surface area contributed by atoms with Crippen molar-refractivity contribution in [3.8, 4) is 0 Å². The Morgan fingerprint density at radius 2 is 1.95 bits per heavy atom. The lowest BCUT2D eigenvalue weighted by molar-refractivity contribution is -0.169. The van der Waals surface area contributed by atoms with Crippen molar-refractivity contribution in [3.05, 3.63) is 18.3 Å². The summed E-state index contributed by atoms with van der Waals surface area (Å²) in [6.45, 7) is 6.90. The molecule has 3 heterocycles. The number of anilines is 2. The Kier molecular flexibility index (Phi) is 4.31. The molecule has 0 radical (unpaired) electrons. The van der Waals surface area contributed by atoms with Crippen molar-refractivity contribution in [2.45, 2.75) is 32.5 Å². The second-order valence-corrected chi connectivity index (χ2v) is 6.14. The van der Waals surface area contributed by atoms with Crippen molar-refractivity contribution < 1.29 is 14.3 Å².